The summed E-state index contributed by atoms with van der Waals surface area (Å²) in [5.41, 5.74) is -1.48. The van der Waals surface area contributed by atoms with Gasteiger partial charge >= 0.3 is 27.5 Å². The molecule has 0 rings (SSSR count). The fourth-order valence-corrected chi connectivity index (χ4v) is 2.47. The highest BCUT2D eigenvalue weighted by atomic mass is 32.2. The molecule has 0 aromatic heterocycles. The average Bonchev–Trinajstić information content (AvgIpc) is 2.27. The molecule has 1 N–H and O–H groups in total. The van der Waals surface area contributed by atoms with Crippen LogP contribution in [0.1, 0.15) is 48.0 Å². The average molecular weight is 398 g/mol. The van der Waals surface area contributed by atoms with Crippen LogP contribution < -0.4 is 0 Å². The third-order valence-electron chi connectivity index (χ3n) is 3.33. The molecule has 2 unspecified atom stereocenters. The van der Waals surface area contributed by atoms with E-state index in [4.69, 9.17) is 4.55 Å². The molecule has 0 aromatic rings. The molecule has 0 amide bonds. The van der Waals surface area contributed by atoms with Crippen LogP contribution in [0.5, 0.6) is 0 Å². The molecule has 0 aromatic carbocycles. The van der Waals surface area contributed by atoms with Crippen LogP contribution in [0, 0.1) is 16.7 Å². The van der Waals surface area contributed by atoms with Crippen molar-refractivity contribution in [3.05, 3.63) is 0 Å². The zero-order valence-corrected chi connectivity index (χ0v) is 15.6. The van der Waals surface area contributed by atoms with E-state index in [1.54, 1.807) is 20.8 Å². The molecule has 0 saturated heterocycles. The fourth-order valence-electron chi connectivity index (χ4n) is 2.01. The van der Waals surface area contributed by atoms with E-state index in [0.29, 0.717) is 0 Å². The summed E-state index contributed by atoms with van der Waals surface area (Å²) in [6.07, 6.45) is -10.2. The van der Waals surface area contributed by atoms with Gasteiger partial charge in [0.15, 0.2) is 0 Å². The van der Waals surface area contributed by atoms with Gasteiger partial charge in [0.1, 0.15) is 0 Å². The van der Waals surface area contributed by atoms with Crippen molar-refractivity contribution in [1.29, 1.82) is 0 Å². The number of alkyl halides is 5. The number of hydrogen-bond acceptors (Lipinski definition) is 4. The van der Waals surface area contributed by atoms with E-state index in [9.17, 15) is 35.2 Å². The first-order chi connectivity index (χ1) is 10.6. The highest BCUT2D eigenvalue weighted by Gasteiger charge is 2.66. The molecule has 0 saturated carbocycles. The first-order valence-electron chi connectivity index (χ1n) is 7.23. The highest BCUT2D eigenvalue weighted by Crippen LogP contribution is 2.41. The summed E-state index contributed by atoms with van der Waals surface area (Å²) in [6, 6.07) is 0. The predicted octanol–water partition coefficient (Wildman–Crippen LogP) is 4.04. The zero-order chi connectivity index (χ0) is 20.6. The summed E-state index contributed by atoms with van der Waals surface area (Å²) in [5.74, 6) is -2.83. The minimum Gasteiger partial charge on any atom is -0.444 e. The maximum absolute atomic E-state index is 13.5. The lowest BCUT2D eigenvalue weighted by atomic mass is 9.72. The summed E-state index contributed by atoms with van der Waals surface area (Å²) in [4.78, 5) is 12.2. The summed E-state index contributed by atoms with van der Waals surface area (Å²) in [6.45, 7) is 9.59. The summed E-state index contributed by atoms with van der Waals surface area (Å²) >= 11 is 0. The Hall–Kier alpha value is -0.970. The lowest BCUT2D eigenvalue weighted by molar-refractivity contribution is -0.262. The number of esters is 1. The van der Waals surface area contributed by atoms with Crippen LogP contribution >= 0.6 is 0 Å². The standard InChI is InChI=1S/C14H23F5O5S/c1-11(2,3)7-8(12(4,5)6)9(20)24-10(13(15,16)17)14(18,19)25(21,22)23/h8,10H,7H2,1-6H3,(H,21,22,23). The van der Waals surface area contributed by atoms with E-state index in [0.717, 1.165) is 0 Å². The van der Waals surface area contributed by atoms with Crippen LogP contribution in [0.25, 0.3) is 0 Å². The maximum Gasteiger partial charge on any atom is 0.432 e. The molecule has 0 heterocycles. The molecule has 11 heteroatoms. The van der Waals surface area contributed by atoms with E-state index >= 15 is 0 Å². The summed E-state index contributed by atoms with van der Waals surface area (Å²) in [5, 5.41) is -5.73. The van der Waals surface area contributed by atoms with Gasteiger partial charge in [-0.25, -0.2) is 0 Å². The number of rotatable bonds is 5. The van der Waals surface area contributed by atoms with E-state index in [-0.39, 0.29) is 6.42 Å². The second-order valence-corrected chi connectivity index (χ2v) is 9.57. The van der Waals surface area contributed by atoms with Crippen LogP contribution in [0.2, 0.25) is 0 Å². The van der Waals surface area contributed by atoms with Gasteiger partial charge in [-0.2, -0.15) is 30.4 Å². The van der Waals surface area contributed by atoms with Gasteiger partial charge < -0.3 is 4.74 Å². The third kappa shape index (κ3) is 6.69. The van der Waals surface area contributed by atoms with Crippen LogP contribution in [-0.2, 0) is 19.6 Å². The van der Waals surface area contributed by atoms with Crippen molar-refractivity contribution in [1.82, 2.24) is 0 Å². The van der Waals surface area contributed by atoms with Gasteiger partial charge in [0.05, 0.1) is 5.92 Å². The molecule has 0 spiro atoms. The topological polar surface area (TPSA) is 80.7 Å². The van der Waals surface area contributed by atoms with Crippen molar-refractivity contribution in [2.45, 2.75) is 65.5 Å². The smallest absolute Gasteiger partial charge is 0.432 e. The minimum absolute atomic E-state index is 0.0113. The Morgan fingerprint density at radius 3 is 1.64 bits per heavy atom. The van der Waals surface area contributed by atoms with Crippen molar-refractivity contribution in [3.8, 4) is 0 Å². The Morgan fingerprint density at radius 2 is 1.40 bits per heavy atom. The second-order valence-electron chi connectivity index (χ2n) is 8.08. The Kier molecular flexibility index (Phi) is 6.70. The molecule has 25 heavy (non-hydrogen) atoms. The second kappa shape index (κ2) is 6.98. The molecule has 0 radical (unpaired) electrons. The summed E-state index contributed by atoms with van der Waals surface area (Å²) in [7, 11) is -6.46. The first kappa shape index (κ1) is 24.0. The number of carbonyl (C=O) groups is 1. The van der Waals surface area contributed by atoms with Crippen molar-refractivity contribution in [3.63, 3.8) is 0 Å². The van der Waals surface area contributed by atoms with Crippen molar-refractivity contribution >= 4 is 16.1 Å². The maximum atomic E-state index is 13.5. The van der Waals surface area contributed by atoms with Gasteiger partial charge in [-0.05, 0) is 17.3 Å². The molecule has 0 aliphatic heterocycles. The van der Waals surface area contributed by atoms with Gasteiger partial charge in [0.25, 0.3) is 6.10 Å². The fraction of sp³-hybridized carbons (Fsp3) is 0.929. The van der Waals surface area contributed by atoms with E-state index in [1.165, 1.54) is 20.8 Å². The predicted molar refractivity (Wildman–Crippen MR) is 79.4 cm³/mol. The molecule has 0 aliphatic rings. The van der Waals surface area contributed by atoms with Crippen LogP contribution in [0.15, 0.2) is 0 Å². The number of carbonyl (C=O) groups excluding carboxylic acids is 1. The Labute approximate surface area is 143 Å². The first-order valence-corrected chi connectivity index (χ1v) is 8.67. The Bertz CT molecular complexity index is 584. The lowest BCUT2D eigenvalue weighted by Gasteiger charge is -2.35. The highest BCUT2D eigenvalue weighted by molar-refractivity contribution is 7.86. The Balaban J connectivity index is 5.88. The molecular weight excluding hydrogens is 375 g/mol. The largest absolute Gasteiger partial charge is 0.444 e. The minimum atomic E-state index is -6.46. The van der Waals surface area contributed by atoms with Crippen LogP contribution in [0.4, 0.5) is 22.0 Å². The molecule has 2 atom stereocenters. The van der Waals surface area contributed by atoms with Gasteiger partial charge in [-0.15, -0.1) is 0 Å². The monoisotopic (exact) mass is 398 g/mol. The van der Waals surface area contributed by atoms with Crippen molar-refractivity contribution < 1.29 is 44.5 Å². The van der Waals surface area contributed by atoms with Crippen LogP contribution in [0.3, 0.4) is 0 Å². The number of halogens is 5. The van der Waals surface area contributed by atoms with Crippen molar-refractivity contribution in [2.75, 3.05) is 0 Å². The molecule has 5 nitrogen and oxygen atoms in total. The molecule has 0 fully saturated rings. The van der Waals surface area contributed by atoms with E-state index in [2.05, 4.69) is 4.74 Å². The molecular formula is C14H23F5O5S. The van der Waals surface area contributed by atoms with Gasteiger partial charge in [-0.1, -0.05) is 41.5 Å². The third-order valence-corrected chi connectivity index (χ3v) is 4.23. The van der Waals surface area contributed by atoms with E-state index < -0.39 is 50.4 Å². The van der Waals surface area contributed by atoms with Crippen LogP contribution in [-0.4, -0.2) is 36.5 Å². The quantitative estimate of drug-likeness (QED) is 0.429. The normalized spacial score (nSPS) is 17.1. The van der Waals surface area contributed by atoms with E-state index in [1.807, 2.05) is 0 Å². The number of hydrogen-bond donors (Lipinski definition) is 1. The number of ether oxygens (including phenoxy) is 1. The van der Waals surface area contributed by atoms with Gasteiger partial charge in [0.2, 0.25) is 0 Å². The molecule has 0 bridgehead atoms. The summed E-state index contributed by atoms with van der Waals surface area (Å²) < 4.78 is 99.2. The SMILES string of the molecule is CC(C)(C)CC(C(=O)OC(C(F)(F)F)C(F)(F)S(=O)(=O)O)C(C)(C)C. The Morgan fingerprint density at radius 1 is 1.00 bits per heavy atom. The zero-order valence-electron chi connectivity index (χ0n) is 14.7. The molecule has 150 valence electrons. The van der Waals surface area contributed by atoms with Crippen molar-refractivity contribution in [2.24, 2.45) is 16.7 Å². The van der Waals surface area contributed by atoms with Gasteiger partial charge in [-0.3, -0.25) is 9.35 Å². The lowest BCUT2D eigenvalue weighted by Crippen LogP contribution is -2.53. The molecule has 0 aliphatic carbocycles. The van der Waals surface area contributed by atoms with Gasteiger partial charge in [0, 0.05) is 0 Å².